The predicted molar refractivity (Wildman–Crippen MR) is 103 cm³/mol. The second-order valence-corrected chi connectivity index (χ2v) is 7.57. The highest BCUT2D eigenvalue weighted by molar-refractivity contribution is 8.03. The molecule has 0 saturated heterocycles. The van der Waals surface area contributed by atoms with E-state index in [1.165, 1.54) is 20.7 Å². The van der Waals surface area contributed by atoms with Gasteiger partial charge >= 0.3 is 0 Å². The van der Waals surface area contributed by atoms with Gasteiger partial charge in [-0.1, -0.05) is 0 Å². The maximum atomic E-state index is 10.4. The van der Waals surface area contributed by atoms with E-state index in [0.717, 1.165) is 38.9 Å². The summed E-state index contributed by atoms with van der Waals surface area (Å²) >= 11 is 1.13. The van der Waals surface area contributed by atoms with E-state index in [2.05, 4.69) is 20.6 Å². The molecule has 0 atom stereocenters. The van der Waals surface area contributed by atoms with Crippen molar-refractivity contribution in [3.8, 4) is 5.40 Å². The molecule has 0 bridgehead atoms. The molecule has 25 heavy (non-hydrogen) atoms. The first-order chi connectivity index (χ1) is 12.3. The number of nitrogens with one attached hydrogen (secondary N) is 2. The highest BCUT2D eigenvalue weighted by atomic mass is 32.9. The summed E-state index contributed by atoms with van der Waals surface area (Å²) in [6, 6.07) is 14.8. The maximum Gasteiger partial charge on any atom is 0.222 e. The van der Waals surface area contributed by atoms with Gasteiger partial charge in [0.05, 0.1) is 5.69 Å². The third-order valence-electron chi connectivity index (χ3n) is 2.98. The van der Waals surface area contributed by atoms with Gasteiger partial charge in [0.1, 0.15) is 5.40 Å². The van der Waals surface area contributed by atoms with Crippen molar-refractivity contribution in [1.29, 1.82) is 5.26 Å². The normalized spacial score (nSPS) is 10.9. The quantitative estimate of drug-likeness (QED) is 0.285. The summed E-state index contributed by atoms with van der Waals surface area (Å²) in [7, 11) is 2.97. The fraction of sp³-hybridized carbons (Fsp3) is 0. The van der Waals surface area contributed by atoms with E-state index in [1.807, 2.05) is 41.8 Å². The number of nitriles is 1. The summed E-state index contributed by atoms with van der Waals surface area (Å²) in [6.45, 7) is 0. The Morgan fingerprint density at radius 3 is 2.48 bits per heavy atom. The van der Waals surface area contributed by atoms with Crippen LogP contribution in [-0.2, 0) is 4.79 Å². The molecule has 0 unspecified atom stereocenters. The Bertz CT molecular complexity index is 955. The van der Waals surface area contributed by atoms with E-state index in [4.69, 9.17) is 5.26 Å². The first-order valence-corrected chi connectivity index (χ1v) is 9.98. The SMILES string of the molecule is N#CSc1ccc(Nc2nc(=Nc3ccc(NC=O)cc3)ss2)cc1. The number of nitrogens with zero attached hydrogens (tertiary/aromatic N) is 3. The molecule has 1 amide bonds. The fourth-order valence-corrected chi connectivity index (χ4v) is 3.95. The minimum Gasteiger partial charge on any atom is -0.331 e. The molecule has 3 aromatic rings. The van der Waals surface area contributed by atoms with Crippen LogP contribution in [0.15, 0.2) is 58.4 Å². The second kappa shape index (κ2) is 8.43. The van der Waals surface area contributed by atoms with Gasteiger partial charge < -0.3 is 10.6 Å². The molecule has 6 nitrogen and oxygen atoms in total. The minimum absolute atomic E-state index is 0.637. The molecule has 0 fully saturated rings. The van der Waals surface area contributed by atoms with E-state index in [1.54, 1.807) is 12.1 Å². The molecular formula is C16H11N5OS3. The molecule has 3 rings (SSSR count). The predicted octanol–water partition coefficient (Wildman–Crippen LogP) is 4.32. The molecule has 0 aliphatic heterocycles. The molecule has 0 saturated carbocycles. The van der Waals surface area contributed by atoms with Gasteiger partial charge in [-0.15, -0.1) is 0 Å². The maximum absolute atomic E-state index is 10.4. The average molecular weight is 385 g/mol. The lowest BCUT2D eigenvalue weighted by Crippen LogP contribution is -1.99. The van der Waals surface area contributed by atoms with Crippen LogP contribution in [0.1, 0.15) is 0 Å². The molecule has 2 aromatic carbocycles. The standard InChI is InChI=1S/C16H11N5OS3/c17-9-23-14-7-5-13(6-8-14)20-16-21-15(24-25-16)19-12-3-1-11(2-4-12)18-10-22/h1-8,10H,(H,18,22)(H,19,20,21). The lowest BCUT2D eigenvalue weighted by atomic mass is 10.3. The lowest BCUT2D eigenvalue weighted by molar-refractivity contribution is -0.105. The molecule has 9 heteroatoms. The van der Waals surface area contributed by atoms with Gasteiger partial charge in [0.15, 0.2) is 5.13 Å². The van der Waals surface area contributed by atoms with Gasteiger partial charge in [0.25, 0.3) is 0 Å². The van der Waals surface area contributed by atoms with E-state index >= 15 is 0 Å². The van der Waals surface area contributed by atoms with Gasteiger partial charge in [-0.2, -0.15) is 10.2 Å². The van der Waals surface area contributed by atoms with E-state index < -0.39 is 0 Å². The largest absolute Gasteiger partial charge is 0.331 e. The number of hydrogen-bond donors (Lipinski definition) is 2. The zero-order valence-corrected chi connectivity index (χ0v) is 15.1. The molecule has 1 aromatic heterocycles. The summed E-state index contributed by atoms with van der Waals surface area (Å²) in [4.78, 5) is 20.9. The Morgan fingerprint density at radius 2 is 1.80 bits per heavy atom. The Kier molecular flexibility index (Phi) is 5.79. The van der Waals surface area contributed by atoms with Crippen molar-refractivity contribution in [3.63, 3.8) is 0 Å². The Hall–Kier alpha value is -2.67. The monoisotopic (exact) mass is 385 g/mol. The Labute approximate surface area is 155 Å². The van der Waals surface area contributed by atoms with Crippen molar-refractivity contribution in [2.75, 3.05) is 10.6 Å². The van der Waals surface area contributed by atoms with Gasteiger partial charge in [-0.25, -0.2) is 4.99 Å². The summed E-state index contributed by atoms with van der Waals surface area (Å²) in [5.74, 6) is 0. The Morgan fingerprint density at radius 1 is 1.08 bits per heavy atom. The number of rotatable bonds is 6. The number of thioether (sulfide) groups is 1. The summed E-state index contributed by atoms with van der Waals surface area (Å²) in [5, 5.41) is 17.3. The van der Waals surface area contributed by atoms with Crippen LogP contribution >= 0.6 is 32.4 Å². The summed E-state index contributed by atoms with van der Waals surface area (Å²) < 4.78 is 0. The van der Waals surface area contributed by atoms with Crippen LogP contribution in [0.3, 0.4) is 0 Å². The van der Waals surface area contributed by atoms with Crippen LogP contribution < -0.4 is 15.4 Å². The van der Waals surface area contributed by atoms with Crippen molar-refractivity contribution in [3.05, 3.63) is 53.3 Å². The summed E-state index contributed by atoms with van der Waals surface area (Å²) in [6.07, 6.45) is 0.637. The highest BCUT2D eigenvalue weighted by Gasteiger charge is 2.01. The zero-order valence-electron chi connectivity index (χ0n) is 12.7. The Balaban J connectivity index is 1.71. The van der Waals surface area contributed by atoms with Crippen molar-refractivity contribution < 1.29 is 4.79 Å². The smallest absolute Gasteiger partial charge is 0.222 e. The third-order valence-corrected chi connectivity index (χ3v) is 5.52. The molecule has 0 aliphatic rings. The highest BCUT2D eigenvalue weighted by Crippen LogP contribution is 2.23. The van der Waals surface area contributed by atoms with E-state index in [9.17, 15) is 4.79 Å². The number of carbonyl (C=O) groups is 1. The van der Waals surface area contributed by atoms with Crippen LogP contribution in [0, 0.1) is 10.7 Å². The first kappa shape index (κ1) is 17.2. The van der Waals surface area contributed by atoms with Crippen molar-refractivity contribution in [1.82, 2.24) is 4.98 Å². The van der Waals surface area contributed by atoms with Crippen molar-refractivity contribution >= 4 is 61.0 Å². The molecule has 0 spiro atoms. The first-order valence-electron chi connectivity index (χ1n) is 7.02. The van der Waals surface area contributed by atoms with Crippen molar-refractivity contribution in [2.45, 2.75) is 4.90 Å². The van der Waals surface area contributed by atoms with Gasteiger partial charge in [0.2, 0.25) is 11.2 Å². The molecular weight excluding hydrogens is 374 g/mol. The minimum atomic E-state index is 0.637. The number of benzene rings is 2. The molecule has 2 N–H and O–H groups in total. The van der Waals surface area contributed by atoms with E-state index in [-0.39, 0.29) is 0 Å². The number of hydrogen-bond acceptors (Lipinski definition) is 8. The average Bonchev–Trinajstić information content (AvgIpc) is 3.06. The van der Waals surface area contributed by atoms with Crippen molar-refractivity contribution in [2.24, 2.45) is 4.99 Å². The topological polar surface area (TPSA) is 90.2 Å². The lowest BCUT2D eigenvalue weighted by Gasteiger charge is -2.01. The van der Waals surface area contributed by atoms with Gasteiger partial charge in [-0.05, 0) is 81.0 Å². The number of aromatic nitrogens is 1. The molecule has 0 radical (unpaired) electrons. The van der Waals surface area contributed by atoms with Crippen LogP contribution in [0.5, 0.6) is 0 Å². The number of amides is 1. The number of thiocyanates is 1. The zero-order chi connectivity index (χ0) is 17.5. The second-order valence-electron chi connectivity index (χ2n) is 4.63. The van der Waals surface area contributed by atoms with Gasteiger partial charge in [0, 0.05) is 16.3 Å². The number of carbonyl (C=O) groups excluding carboxylic acids is 1. The molecule has 1 heterocycles. The van der Waals surface area contributed by atoms with Crippen LogP contribution in [0.25, 0.3) is 0 Å². The molecule has 0 aliphatic carbocycles. The van der Waals surface area contributed by atoms with Crippen LogP contribution in [-0.4, -0.2) is 11.4 Å². The summed E-state index contributed by atoms with van der Waals surface area (Å²) in [5.41, 5.74) is 2.39. The van der Waals surface area contributed by atoms with Crippen LogP contribution in [0.4, 0.5) is 22.2 Å². The van der Waals surface area contributed by atoms with Crippen LogP contribution in [0.2, 0.25) is 0 Å². The fourth-order valence-electron chi connectivity index (χ4n) is 1.89. The van der Waals surface area contributed by atoms with E-state index in [0.29, 0.717) is 11.2 Å². The molecule has 124 valence electrons. The number of anilines is 3. The van der Waals surface area contributed by atoms with Gasteiger partial charge in [-0.3, -0.25) is 4.79 Å². The third kappa shape index (κ3) is 4.90.